The third-order valence-electron chi connectivity index (χ3n) is 14.6. The number of fused-ring (bicyclic) bond motifs is 2. The zero-order chi connectivity index (χ0) is 58.6. The summed E-state index contributed by atoms with van der Waals surface area (Å²) in [6.07, 6.45) is 9.45. The predicted molar refractivity (Wildman–Crippen MR) is 307 cm³/mol. The molecule has 1 N–H and O–H groups in total. The van der Waals surface area contributed by atoms with Crippen LogP contribution < -0.4 is 0 Å². The van der Waals surface area contributed by atoms with Crippen molar-refractivity contribution < 1.29 is 48.1 Å². The van der Waals surface area contributed by atoms with E-state index in [9.17, 15) is 28.8 Å². The van der Waals surface area contributed by atoms with E-state index in [1.807, 2.05) is 149 Å². The molecule has 6 heterocycles. The Morgan fingerprint density at radius 1 is 0.659 bits per heavy atom. The van der Waals surface area contributed by atoms with Crippen molar-refractivity contribution in [2.75, 3.05) is 13.2 Å². The monoisotopic (exact) mass is 1100 g/mol. The standard InChI is InChI=1S/C33H32N2O5.C29H25N5O4.C3H6O/c1-4-17-39-28(36)19-22-15-16-34-25(18-22)20-26-27-21-33(2,3)30(35(27)31(26)37)32(38)40-29(23-11-7-5-8-12-23)24-13-9-6-10-14-24;1-29(2)17-23-22(16-21-15-20(13-14-31-21)26(35)32-33-30)27(36)34(23)25(29)28(37)38-24(18-9-5-3-6-10-18)19-11-7-4-8-12-19;1-2-3-4/h4-16,18,20,27,29-30H,1,17,19,21H2,2-3H3;3-16,23-25H,17H2,1-2H3;2,4H,1,3H2/b26-20+;22-16+;/t27?,30-;23?,25-;/m00./s1. The minimum absolute atomic E-state index is 0.0833. The number of rotatable bonds is 16. The van der Waals surface area contributed by atoms with E-state index >= 15 is 0 Å². The van der Waals surface area contributed by atoms with Gasteiger partial charge in [0.1, 0.15) is 18.7 Å². The second-order valence-corrected chi connectivity index (χ2v) is 21.3. The molecule has 10 rings (SSSR count). The number of aliphatic hydroxyl groups is 1. The van der Waals surface area contributed by atoms with Gasteiger partial charge < -0.3 is 29.1 Å². The van der Waals surface area contributed by atoms with Crippen LogP contribution in [0.1, 0.15) is 102 Å². The Bertz CT molecular complexity index is 3370. The fraction of sp³-hybridized carbons (Fsp3) is 0.262. The number of hydrogen-bond acceptors (Lipinski definition) is 12. The molecule has 3 amide bonds. The van der Waals surface area contributed by atoms with E-state index in [0.29, 0.717) is 35.4 Å². The average Bonchev–Trinajstić information content (AvgIpc) is 1.77. The minimum Gasteiger partial charge on any atom is -0.461 e. The number of ether oxygens (including phenoxy) is 3. The smallest absolute Gasteiger partial charge is 0.330 e. The number of azide groups is 1. The average molecular weight is 1100 g/mol. The first kappa shape index (κ1) is 58.6. The van der Waals surface area contributed by atoms with Crippen LogP contribution in [0.15, 0.2) is 200 Å². The predicted octanol–water partition coefficient (Wildman–Crippen LogP) is 10.5. The summed E-state index contributed by atoms with van der Waals surface area (Å²) >= 11 is 0. The van der Waals surface area contributed by atoms with Crippen molar-refractivity contribution in [1.29, 1.82) is 0 Å². The van der Waals surface area contributed by atoms with E-state index in [-0.39, 0.29) is 55.1 Å². The highest BCUT2D eigenvalue weighted by Crippen LogP contribution is 2.52. The number of aromatic nitrogens is 2. The zero-order valence-electron chi connectivity index (χ0n) is 46.0. The number of pyridine rings is 2. The molecule has 2 aromatic heterocycles. The van der Waals surface area contributed by atoms with Gasteiger partial charge in [-0.05, 0) is 98.6 Å². The lowest BCUT2D eigenvalue weighted by molar-refractivity contribution is -0.162. The lowest BCUT2D eigenvalue weighted by Gasteiger charge is -2.41. The van der Waals surface area contributed by atoms with Crippen LogP contribution in [0.3, 0.4) is 0 Å². The van der Waals surface area contributed by atoms with Gasteiger partial charge in [-0.15, -0.1) is 6.58 Å². The number of nitrogens with zero attached hydrogens (tertiary/aromatic N) is 7. The number of carbonyl (C=O) groups is 6. The quantitative estimate of drug-likeness (QED) is 0.0139. The maximum Gasteiger partial charge on any atom is 0.330 e. The van der Waals surface area contributed by atoms with Crippen molar-refractivity contribution in [3.05, 3.63) is 250 Å². The normalized spacial score (nSPS) is 19.6. The van der Waals surface area contributed by atoms with Crippen LogP contribution in [0.25, 0.3) is 22.6 Å². The molecule has 2 unspecified atom stereocenters. The van der Waals surface area contributed by atoms with E-state index in [1.165, 1.54) is 30.5 Å². The van der Waals surface area contributed by atoms with Crippen LogP contribution in [0.2, 0.25) is 0 Å². The third-order valence-corrected chi connectivity index (χ3v) is 14.6. The molecule has 6 aromatic rings. The maximum atomic E-state index is 13.7. The van der Waals surface area contributed by atoms with Crippen molar-refractivity contribution in [2.45, 2.75) is 83.3 Å². The third kappa shape index (κ3) is 13.2. The van der Waals surface area contributed by atoms with Crippen molar-refractivity contribution in [1.82, 2.24) is 19.8 Å². The summed E-state index contributed by atoms with van der Waals surface area (Å²) in [7, 11) is 0. The first-order chi connectivity index (χ1) is 39.5. The number of esters is 3. The van der Waals surface area contributed by atoms with Crippen molar-refractivity contribution in [2.24, 2.45) is 15.9 Å². The Labute approximate surface area is 475 Å². The molecule has 82 heavy (non-hydrogen) atoms. The molecular formula is C65H63N7O10. The Hall–Kier alpha value is -9.57. The summed E-state index contributed by atoms with van der Waals surface area (Å²) in [5, 5.41) is 10.9. The van der Waals surface area contributed by atoms with Crippen LogP contribution in [0.4, 0.5) is 0 Å². The van der Waals surface area contributed by atoms with E-state index in [1.54, 1.807) is 40.3 Å². The van der Waals surface area contributed by atoms with E-state index in [2.05, 4.69) is 33.2 Å². The van der Waals surface area contributed by atoms with Gasteiger partial charge in [0.2, 0.25) is 5.91 Å². The van der Waals surface area contributed by atoms with E-state index < -0.39 is 53.0 Å². The summed E-state index contributed by atoms with van der Waals surface area (Å²) in [6.45, 7) is 14.9. The van der Waals surface area contributed by atoms with Gasteiger partial charge in [0.15, 0.2) is 12.2 Å². The van der Waals surface area contributed by atoms with Crippen molar-refractivity contribution in [3.63, 3.8) is 0 Å². The summed E-state index contributed by atoms with van der Waals surface area (Å²) in [4.78, 5) is 92.4. The molecule has 0 saturated carbocycles. The molecule has 4 fully saturated rings. The summed E-state index contributed by atoms with van der Waals surface area (Å²) in [5.41, 5.74) is 13.9. The highest BCUT2D eigenvalue weighted by atomic mass is 16.6. The molecule has 4 atom stereocenters. The molecule has 4 aromatic carbocycles. The minimum atomic E-state index is -0.752. The second kappa shape index (κ2) is 26.1. The topological polar surface area (TPSA) is 231 Å². The molecule has 418 valence electrons. The number of benzene rings is 4. The summed E-state index contributed by atoms with van der Waals surface area (Å²) in [5.74, 6) is -2.44. The van der Waals surface area contributed by atoms with Gasteiger partial charge in [0.05, 0.1) is 36.5 Å². The Balaban J connectivity index is 0.000000202. The van der Waals surface area contributed by atoms with Crippen LogP contribution in [-0.4, -0.2) is 97.9 Å². The molecule has 17 heteroatoms. The van der Waals surface area contributed by atoms with Crippen molar-refractivity contribution in [3.8, 4) is 0 Å². The fourth-order valence-electron chi connectivity index (χ4n) is 10.9. The lowest BCUT2D eigenvalue weighted by Crippen LogP contribution is -2.58. The Morgan fingerprint density at radius 2 is 1.06 bits per heavy atom. The lowest BCUT2D eigenvalue weighted by atomic mass is 9.83. The number of amides is 3. The number of β-lactam (4-membered cyclic amide) rings is 2. The molecule has 17 nitrogen and oxygen atoms in total. The van der Waals surface area contributed by atoms with E-state index in [4.69, 9.17) is 24.8 Å². The zero-order valence-corrected chi connectivity index (χ0v) is 46.0. The first-order valence-electron chi connectivity index (χ1n) is 26.7. The Morgan fingerprint density at radius 3 is 1.45 bits per heavy atom. The molecule has 0 spiro atoms. The van der Waals surface area contributed by atoms with Crippen molar-refractivity contribution >= 4 is 47.8 Å². The maximum absolute atomic E-state index is 13.7. The van der Waals surface area contributed by atoms with Crippen LogP contribution >= 0.6 is 0 Å². The van der Waals surface area contributed by atoms with Crippen LogP contribution in [0.5, 0.6) is 0 Å². The first-order valence-corrected chi connectivity index (χ1v) is 26.7. The van der Waals surface area contributed by atoms with Crippen LogP contribution in [0, 0.1) is 10.8 Å². The number of hydrogen-bond donors (Lipinski definition) is 1. The summed E-state index contributed by atoms with van der Waals surface area (Å²) < 4.78 is 17.3. The van der Waals surface area contributed by atoms with Gasteiger partial charge in [-0.25, -0.2) is 9.59 Å². The van der Waals surface area contributed by atoms with Gasteiger partial charge in [0.25, 0.3) is 11.8 Å². The second-order valence-electron chi connectivity index (χ2n) is 21.3. The molecule has 4 saturated heterocycles. The van der Waals surface area contributed by atoms with Gasteiger partial charge in [-0.2, -0.15) is 0 Å². The van der Waals surface area contributed by atoms with Gasteiger partial charge in [-0.3, -0.25) is 29.1 Å². The van der Waals surface area contributed by atoms with Gasteiger partial charge >= 0.3 is 17.9 Å². The number of carbonyl (C=O) groups excluding carboxylic acids is 6. The molecule has 4 aliphatic rings. The molecule has 0 bridgehead atoms. The molecule has 0 radical (unpaired) electrons. The van der Waals surface area contributed by atoms with Gasteiger partial charge in [-0.1, -0.05) is 168 Å². The largest absolute Gasteiger partial charge is 0.461 e. The SMILES string of the molecule is C=CCO.C=CCOC(=O)Cc1ccnc(/C=C2/C(=O)N3C2CC(C)(C)[C@@H]3C(=O)OC(c2ccccc2)c2ccccc2)c1.CC1(C)CC2/C(=C\c3cc(C(=O)N=[N+]=[N-])ccn3)C(=O)N2[C@H]1C(=O)OC(c1ccccc1)c1ccccc1. The Kier molecular flexibility index (Phi) is 18.7. The van der Waals surface area contributed by atoms with Crippen LogP contribution in [-0.2, 0) is 44.6 Å². The number of aliphatic hydroxyl groups excluding tert-OH is 1. The highest BCUT2D eigenvalue weighted by Gasteiger charge is 2.62. The highest BCUT2D eigenvalue weighted by molar-refractivity contribution is 6.09. The summed E-state index contributed by atoms with van der Waals surface area (Å²) in [6, 6.07) is 42.8. The fourth-order valence-corrected chi connectivity index (χ4v) is 10.9. The molecular weight excluding hydrogens is 1040 g/mol. The van der Waals surface area contributed by atoms with E-state index in [0.717, 1.165) is 27.8 Å². The molecule has 4 aliphatic heterocycles. The molecule has 0 aliphatic carbocycles. The van der Waals surface area contributed by atoms with Gasteiger partial charge in [0, 0.05) is 34.0 Å².